The Kier molecular flexibility index (Phi) is 7.29. The monoisotopic (exact) mass is 163 g/mol. The molecule has 0 atom stereocenters. The van der Waals surface area contributed by atoms with E-state index >= 15 is 0 Å². The quantitative estimate of drug-likeness (QED) is 0.337. The molecule has 1 amide bonds. The number of carbonyl (C=O) groups excluding carboxylic acids is 2. The van der Waals surface area contributed by atoms with Crippen molar-refractivity contribution in [1.82, 2.24) is 5.32 Å². The first kappa shape index (κ1) is 13.0. The molecule has 4 nitrogen and oxygen atoms in total. The average molecular weight is 163 g/mol. The van der Waals surface area contributed by atoms with Crippen LogP contribution in [0.3, 0.4) is 0 Å². The largest absolute Gasteiger partial charge is 1.00 e. The Balaban J connectivity index is 0. The fraction of sp³-hybridized carbons (Fsp3) is 0. The molecule has 11 heavy (non-hydrogen) atoms. The van der Waals surface area contributed by atoms with Gasteiger partial charge in [0.05, 0.1) is 11.7 Å². The molecule has 0 aliphatic carbocycles. The maximum Gasteiger partial charge on any atom is 1.00 e. The maximum absolute atomic E-state index is 10.3. The molecule has 0 aromatic heterocycles. The summed E-state index contributed by atoms with van der Waals surface area (Å²) in [5, 5.41) is 11.8. The molecule has 0 aliphatic rings. The Morgan fingerprint density at radius 3 is 2.18 bits per heavy atom. The second-order valence-corrected chi connectivity index (χ2v) is 1.46. The van der Waals surface area contributed by atoms with Gasteiger partial charge in [-0.2, -0.15) is 0 Å². The van der Waals surface area contributed by atoms with E-state index in [2.05, 4.69) is 13.2 Å². The van der Waals surface area contributed by atoms with E-state index < -0.39 is 17.6 Å². The molecule has 0 rings (SSSR count). The van der Waals surface area contributed by atoms with E-state index in [4.69, 9.17) is 0 Å². The van der Waals surface area contributed by atoms with Crippen molar-refractivity contribution in [3.63, 3.8) is 0 Å². The molecule has 0 fully saturated rings. The molecule has 0 saturated carbocycles. The molecule has 0 saturated heterocycles. The molecule has 0 aromatic carbocycles. The fourth-order valence-electron chi connectivity index (χ4n) is 0.251. The van der Waals surface area contributed by atoms with Gasteiger partial charge in [0.15, 0.2) is 0 Å². The summed E-state index contributed by atoms with van der Waals surface area (Å²) in [5.74, 6) is -2.12. The summed E-state index contributed by atoms with van der Waals surface area (Å²) in [6.07, 6.45) is 0.939. The summed E-state index contributed by atoms with van der Waals surface area (Å²) in [7, 11) is 0. The van der Waals surface area contributed by atoms with Gasteiger partial charge < -0.3 is 15.2 Å². The number of hydrogen-bond acceptors (Lipinski definition) is 3. The van der Waals surface area contributed by atoms with Gasteiger partial charge in [-0.05, 0) is 6.08 Å². The van der Waals surface area contributed by atoms with Crippen molar-refractivity contribution in [3.05, 3.63) is 24.9 Å². The van der Waals surface area contributed by atoms with E-state index in [9.17, 15) is 14.7 Å². The topological polar surface area (TPSA) is 69.2 Å². The second kappa shape index (κ2) is 6.15. The Hall–Kier alpha value is -0.580. The van der Waals surface area contributed by atoms with Crippen molar-refractivity contribution < 1.29 is 44.3 Å². The van der Waals surface area contributed by atoms with E-state index in [-0.39, 0.29) is 29.6 Å². The predicted octanol–water partition coefficient (Wildman–Crippen LogP) is -4.44. The number of rotatable bonds is 3. The van der Waals surface area contributed by atoms with Crippen LogP contribution in [0.2, 0.25) is 0 Å². The van der Waals surface area contributed by atoms with Crippen molar-refractivity contribution in [2.75, 3.05) is 0 Å². The van der Waals surface area contributed by atoms with Gasteiger partial charge in [-0.3, -0.25) is 4.79 Å². The number of carboxylic acid groups (broad SMARTS) is 1. The smallest absolute Gasteiger partial charge is 0.543 e. The molecule has 1 N–H and O–H groups in total. The van der Waals surface area contributed by atoms with Crippen LogP contribution in [0.4, 0.5) is 0 Å². The Labute approximate surface area is 86.3 Å². The second-order valence-electron chi connectivity index (χ2n) is 1.46. The minimum Gasteiger partial charge on any atom is -0.543 e. The first-order chi connectivity index (χ1) is 4.57. The minimum atomic E-state index is -1.50. The Bertz CT molecular complexity index is 200. The van der Waals surface area contributed by atoms with E-state index in [1.807, 2.05) is 5.32 Å². The third-order valence-electron chi connectivity index (χ3n) is 0.706. The van der Waals surface area contributed by atoms with Gasteiger partial charge in [-0.1, -0.05) is 13.2 Å². The zero-order valence-corrected chi connectivity index (χ0v) is 8.22. The van der Waals surface area contributed by atoms with E-state index in [1.165, 1.54) is 0 Å². The summed E-state index contributed by atoms with van der Waals surface area (Å²) < 4.78 is 0. The number of carboxylic acids is 1. The van der Waals surface area contributed by atoms with Crippen molar-refractivity contribution in [1.29, 1.82) is 0 Å². The van der Waals surface area contributed by atoms with Crippen LogP contribution < -0.4 is 40.0 Å². The Morgan fingerprint density at radius 1 is 1.45 bits per heavy atom. The number of hydrogen-bond donors (Lipinski definition) is 1. The van der Waals surface area contributed by atoms with Crippen LogP contribution in [0.5, 0.6) is 0 Å². The molecule has 0 aliphatic heterocycles. The van der Waals surface area contributed by atoms with Crippen LogP contribution in [-0.4, -0.2) is 11.9 Å². The van der Waals surface area contributed by atoms with Crippen molar-refractivity contribution in [2.24, 2.45) is 0 Å². The Morgan fingerprint density at radius 2 is 1.91 bits per heavy atom. The normalized spacial score (nSPS) is 7.27. The van der Waals surface area contributed by atoms with Gasteiger partial charge >= 0.3 is 29.6 Å². The molecule has 0 radical (unpaired) electrons. The minimum absolute atomic E-state index is 0. The molecule has 5 heteroatoms. The van der Waals surface area contributed by atoms with Crippen molar-refractivity contribution in [2.45, 2.75) is 0 Å². The molecule has 0 aromatic rings. The van der Waals surface area contributed by atoms with Gasteiger partial charge in [0.25, 0.3) is 0 Å². The summed E-state index contributed by atoms with van der Waals surface area (Å²) in [6.45, 7) is 6.11. The van der Waals surface area contributed by atoms with Crippen LogP contribution in [0, 0.1) is 0 Å². The molecule has 0 unspecified atom stereocenters. The number of amides is 1. The molecule has 0 spiro atoms. The zero-order valence-electron chi connectivity index (χ0n) is 6.22. The zero-order chi connectivity index (χ0) is 8.15. The van der Waals surface area contributed by atoms with E-state index in [1.54, 1.807) is 0 Å². The van der Waals surface area contributed by atoms with Gasteiger partial charge in [0, 0.05) is 0 Å². The molecule has 0 bridgehead atoms. The first-order valence-electron chi connectivity index (χ1n) is 2.41. The third-order valence-corrected chi connectivity index (χ3v) is 0.706. The SMILES string of the molecule is C=CC(=O)NC(=C)C(=O)[O-].[Na+]. The predicted molar refractivity (Wildman–Crippen MR) is 32.5 cm³/mol. The molecular weight excluding hydrogens is 157 g/mol. The van der Waals surface area contributed by atoms with Gasteiger partial charge in [-0.25, -0.2) is 0 Å². The standard InChI is InChI=1S/C6H7NO3.Na/c1-3-5(8)7-4(2)6(9)10;/h3H,1-2H2,(H,7,8)(H,9,10);/q;+1/p-1. The van der Waals surface area contributed by atoms with Gasteiger partial charge in [0.2, 0.25) is 5.91 Å². The fourth-order valence-corrected chi connectivity index (χ4v) is 0.251. The van der Waals surface area contributed by atoms with Crippen LogP contribution in [-0.2, 0) is 9.59 Å². The van der Waals surface area contributed by atoms with Crippen LogP contribution in [0.15, 0.2) is 24.9 Å². The van der Waals surface area contributed by atoms with Crippen LogP contribution in [0.1, 0.15) is 0 Å². The van der Waals surface area contributed by atoms with Gasteiger partial charge in [-0.15, -0.1) is 0 Å². The summed E-state index contributed by atoms with van der Waals surface area (Å²) in [5.41, 5.74) is -0.468. The maximum atomic E-state index is 10.3. The van der Waals surface area contributed by atoms with E-state index in [0.29, 0.717) is 0 Å². The number of aliphatic carboxylic acids is 1. The number of carbonyl (C=O) groups is 2. The first-order valence-corrected chi connectivity index (χ1v) is 2.41. The van der Waals surface area contributed by atoms with Gasteiger partial charge in [0.1, 0.15) is 0 Å². The number of nitrogens with one attached hydrogen (secondary N) is 1. The summed E-state index contributed by atoms with van der Waals surface area (Å²) in [6, 6.07) is 0. The average Bonchev–Trinajstić information content (AvgIpc) is 1.87. The molecule has 54 valence electrons. The van der Waals surface area contributed by atoms with Crippen LogP contribution in [0.25, 0.3) is 0 Å². The molecular formula is C6H6NNaO3. The van der Waals surface area contributed by atoms with Crippen LogP contribution >= 0.6 is 0 Å². The third kappa shape index (κ3) is 5.84. The molecule has 0 heterocycles. The summed E-state index contributed by atoms with van der Waals surface area (Å²) in [4.78, 5) is 20.2. The summed E-state index contributed by atoms with van der Waals surface area (Å²) >= 11 is 0. The van der Waals surface area contributed by atoms with Crippen molar-refractivity contribution in [3.8, 4) is 0 Å². The van der Waals surface area contributed by atoms with Crippen molar-refractivity contribution >= 4 is 11.9 Å². The van der Waals surface area contributed by atoms with E-state index in [0.717, 1.165) is 6.08 Å².